The zero-order valence-electron chi connectivity index (χ0n) is 12.1. The fourth-order valence-corrected chi connectivity index (χ4v) is 3.88. The highest BCUT2D eigenvalue weighted by atomic mass is 32.2. The van der Waals surface area contributed by atoms with Crippen molar-refractivity contribution in [2.24, 2.45) is 5.92 Å². The second kappa shape index (κ2) is 6.56. The maximum Gasteiger partial charge on any atom is 0.227 e. The van der Waals surface area contributed by atoms with Gasteiger partial charge in [-0.15, -0.1) is 0 Å². The summed E-state index contributed by atoms with van der Waals surface area (Å²) in [5.41, 5.74) is 0.403. The van der Waals surface area contributed by atoms with Gasteiger partial charge in [0.05, 0.1) is 12.2 Å². The van der Waals surface area contributed by atoms with Gasteiger partial charge in [0.2, 0.25) is 5.91 Å². The van der Waals surface area contributed by atoms with E-state index in [2.05, 4.69) is 0 Å². The van der Waals surface area contributed by atoms with Crippen molar-refractivity contribution in [2.75, 3.05) is 25.1 Å². The van der Waals surface area contributed by atoms with E-state index >= 15 is 0 Å². The monoisotopic (exact) mass is 313 g/mol. The minimum absolute atomic E-state index is 0.0589. The maximum absolute atomic E-state index is 13.5. The number of benzene rings is 1. The molecule has 0 radical (unpaired) electrons. The van der Waals surface area contributed by atoms with E-state index in [-0.39, 0.29) is 29.8 Å². The first kappa shape index (κ1) is 15.9. The third-order valence-corrected chi connectivity index (χ3v) is 4.88. The van der Waals surface area contributed by atoms with Gasteiger partial charge in [-0.3, -0.25) is 4.79 Å². The molecule has 1 heterocycles. The number of carbonyl (C=O) groups excluding carboxylic acids is 1. The second-order valence-electron chi connectivity index (χ2n) is 5.68. The van der Waals surface area contributed by atoms with E-state index in [0.717, 1.165) is 0 Å². The molecule has 1 aliphatic rings. The van der Waals surface area contributed by atoms with Crippen LogP contribution in [-0.2, 0) is 21.1 Å². The Bertz CT molecular complexity index is 607. The summed E-state index contributed by atoms with van der Waals surface area (Å²) in [6.07, 6.45) is 2.68. The van der Waals surface area contributed by atoms with Crippen LogP contribution in [0.3, 0.4) is 0 Å². The molecule has 1 amide bonds. The smallest absolute Gasteiger partial charge is 0.227 e. The molecule has 0 aromatic heterocycles. The first-order chi connectivity index (χ1) is 9.85. The normalized spacial score (nSPS) is 17.0. The van der Waals surface area contributed by atoms with Gasteiger partial charge < -0.3 is 4.90 Å². The van der Waals surface area contributed by atoms with Crippen LogP contribution >= 0.6 is 0 Å². The number of amides is 1. The number of hydrogen-bond donors (Lipinski definition) is 0. The molecule has 1 aliphatic heterocycles. The fraction of sp³-hybridized carbons (Fsp3) is 0.533. The minimum atomic E-state index is -2.97. The van der Waals surface area contributed by atoms with Gasteiger partial charge >= 0.3 is 0 Å². The Hall–Kier alpha value is -1.43. The molecule has 4 nitrogen and oxygen atoms in total. The van der Waals surface area contributed by atoms with Crippen LogP contribution in [0.1, 0.15) is 18.4 Å². The Kier molecular flexibility index (Phi) is 4.98. The Morgan fingerprint density at radius 1 is 1.29 bits per heavy atom. The van der Waals surface area contributed by atoms with Gasteiger partial charge in [0.25, 0.3) is 0 Å². The van der Waals surface area contributed by atoms with Crippen LogP contribution < -0.4 is 0 Å². The van der Waals surface area contributed by atoms with Gasteiger partial charge in [-0.25, -0.2) is 12.8 Å². The number of sulfone groups is 1. The van der Waals surface area contributed by atoms with Crippen LogP contribution in [0.25, 0.3) is 0 Å². The van der Waals surface area contributed by atoms with Crippen molar-refractivity contribution >= 4 is 15.7 Å². The van der Waals surface area contributed by atoms with Crippen LogP contribution in [0.5, 0.6) is 0 Å². The lowest BCUT2D eigenvalue weighted by Crippen LogP contribution is -2.40. The Labute approximate surface area is 124 Å². The standard InChI is InChI=1S/C15H20FNO3S/c1-21(19,20)11-12-6-8-17(9-7-12)15(18)10-13-4-2-3-5-14(13)16/h2-5,12H,6-11H2,1H3. The van der Waals surface area contributed by atoms with Crippen molar-refractivity contribution in [1.82, 2.24) is 4.90 Å². The summed E-state index contributed by atoms with van der Waals surface area (Å²) in [4.78, 5) is 13.9. The Balaban J connectivity index is 1.88. The molecule has 116 valence electrons. The molecule has 1 fully saturated rings. The average Bonchev–Trinajstić information content (AvgIpc) is 2.40. The van der Waals surface area contributed by atoms with E-state index in [9.17, 15) is 17.6 Å². The number of hydrogen-bond acceptors (Lipinski definition) is 3. The molecule has 1 aromatic carbocycles. The molecule has 1 aromatic rings. The molecule has 0 bridgehead atoms. The summed E-state index contributed by atoms with van der Waals surface area (Å²) in [6, 6.07) is 6.27. The molecule has 0 N–H and O–H groups in total. The van der Waals surface area contributed by atoms with E-state index in [4.69, 9.17) is 0 Å². The fourth-order valence-electron chi connectivity index (χ4n) is 2.69. The predicted molar refractivity (Wildman–Crippen MR) is 79.1 cm³/mol. The Morgan fingerprint density at radius 3 is 2.48 bits per heavy atom. The highest BCUT2D eigenvalue weighted by molar-refractivity contribution is 7.90. The quantitative estimate of drug-likeness (QED) is 0.849. The molecule has 0 spiro atoms. The van der Waals surface area contributed by atoms with Gasteiger partial charge in [-0.05, 0) is 30.4 Å². The van der Waals surface area contributed by atoms with Gasteiger partial charge in [-0.1, -0.05) is 18.2 Å². The van der Waals surface area contributed by atoms with Crippen LogP contribution in [0.2, 0.25) is 0 Å². The van der Waals surface area contributed by atoms with Crippen molar-refractivity contribution < 1.29 is 17.6 Å². The number of carbonyl (C=O) groups is 1. The van der Waals surface area contributed by atoms with E-state index < -0.39 is 9.84 Å². The lowest BCUT2D eigenvalue weighted by molar-refractivity contribution is -0.131. The predicted octanol–water partition coefficient (Wildman–Crippen LogP) is 1.65. The first-order valence-corrected chi connectivity index (χ1v) is 9.10. The second-order valence-corrected chi connectivity index (χ2v) is 7.87. The van der Waals surface area contributed by atoms with Crippen LogP contribution in [0, 0.1) is 11.7 Å². The van der Waals surface area contributed by atoms with Gasteiger partial charge in [0.1, 0.15) is 15.7 Å². The number of piperidine rings is 1. The lowest BCUT2D eigenvalue weighted by atomic mass is 9.98. The van der Waals surface area contributed by atoms with E-state index in [1.165, 1.54) is 12.3 Å². The lowest BCUT2D eigenvalue weighted by Gasteiger charge is -2.31. The molecular formula is C15H20FNO3S. The van der Waals surface area contributed by atoms with Crippen molar-refractivity contribution in [1.29, 1.82) is 0 Å². The largest absolute Gasteiger partial charge is 0.342 e. The van der Waals surface area contributed by atoms with E-state index in [1.54, 1.807) is 23.1 Å². The minimum Gasteiger partial charge on any atom is -0.342 e. The third-order valence-electron chi connectivity index (χ3n) is 3.81. The number of rotatable bonds is 4. The Morgan fingerprint density at radius 2 is 1.90 bits per heavy atom. The third kappa shape index (κ3) is 4.81. The highest BCUT2D eigenvalue weighted by Gasteiger charge is 2.25. The average molecular weight is 313 g/mol. The van der Waals surface area contributed by atoms with Crippen molar-refractivity contribution in [3.05, 3.63) is 35.6 Å². The maximum atomic E-state index is 13.5. The first-order valence-electron chi connectivity index (χ1n) is 7.04. The molecule has 0 atom stereocenters. The zero-order valence-corrected chi connectivity index (χ0v) is 12.9. The van der Waals surface area contributed by atoms with Crippen molar-refractivity contribution in [2.45, 2.75) is 19.3 Å². The molecule has 1 saturated heterocycles. The molecule has 0 saturated carbocycles. The van der Waals surface area contributed by atoms with Gasteiger partial charge in [-0.2, -0.15) is 0 Å². The molecule has 6 heteroatoms. The van der Waals surface area contributed by atoms with Gasteiger partial charge in [0.15, 0.2) is 0 Å². The number of halogens is 1. The van der Waals surface area contributed by atoms with Gasteiger partial charge in [0, 0.05) is 19.3 Å². The SMILES string of the molecule is CS(=O)(=O)CC1CCN(C(=O)Cc2ccccc2F)CC1. The molecular weight excluding hydrogens is 293 g/mol. The molecule has 0 aliphatic carbocycles. The summed E-state index contributed by atoms with van der Waals surface area (Å²) in [5, 5.41) is 0. The molecule has 21 heavy (non-hydrogen) atoms. The summed E-state index contributed by atoms with van der Waals surface area (Å²) < 4.78 is 36.1. The number of likely N-dealkylation sites (tertiary alicyclic amines) is 1. The van der Waals surface area contributed by atoms with Crippen LogP contribution in [0.4, 0.5) is 4.39 Å². The summed E-state index contributed by atoms with van der Waals surface area (Å²) in [6.45, 7) is 1.10. The molecule has 2 rings (SSSR count). The highest BCUT2D eigenvalue weighted by Crippen LogP contribution is 2.20. The topological polar surface area (TPSA) is 54.5 Å². The van der Waals surface area contributed by atoms with Crippen molar-refractivity contribution in [3.8, 4) is 0 Å². The summed E-state index contributed by atoms with van der Waals surface area (Å²) in [5.74, 6) is -0.157. The zero-order chi connectivity index (χ0) is 15.5. The van der Waals surface area contributed by atoms with E-state index in [1.807, 2.05) is 0 Å². The van der Waals surface area contributed by atoms with Crippen molar-refractivity contribution in [3.63, 3.8) is 0 Å². The van der Waals surface area contributed by atoms with Crippen LogP contribution in [0.15, 0.2) is 24.3 Å². The number of nitrogens with zero attached hydrogens (tertiary/aromatic N) is 1. The molecule has 0 unspecified atom stereocenters. The summed E-state index contributed by atoms with van der Waals surface area (Å²) in [7, 11) is -2.97. The van der Waals surface area contributed by atoms with E-state index in [0.29, 0.717) is 31.5 Å². The van der Waals surface area contributed by atoms with Crippen LogP contribution in [-0.4, -0.2) is 44.3 Å². The summed E-state index contributed by atoms with van der Waals surface area (Å²) >= 11 is 0.